The van der Waals surface area contributed by atoms with Crippen molar-refractivity contribution in [3.05, 3.63) is 58.1 Å². The van der Waals surface area contributed by atoms with Crippen LogP contribution in [0.4, 0.5) is 14.7 Å². The number of nitrogen functional groups attached to an aromatic ring is 1. The van der Waals surface area contributed by atoms with E-state index in [9.17, 15) is 8.78 Å². The summed E-state index contributed by atoms with van der Waals surface area (Å²) in [5.41, 5.74) is 8.00. The number of nitrogens with two attached hydrogens (primary N) is 1. The number of halogens is 3. The fourth-order valence-electron chi connectivity index (χ4n) is 2.31. The summed E-state index contributed by atoms with van der Waals surface area (Å²) in [6, 6.07) is 9.38. The molecule has 108 valence electrons. The van der Waals surface area contributed by atoms with Gasteiger partial charge in [-0.15, -0.1) is 0 Å². The van der Waals surface area contributed by atoms with Crippen LogP contribution in [-0.4, -0.2) is 9.55 Å². The molecule has 0 atom stereocenters. The van der Waals surface area contributed by atoms with E-state index in [1.165, 1.54) is 18.2 Å². The molecule has 0 amide bonds. The van der Waals surface area contributed by atoms with Gasteiger partial charge >= 0.3 is 0 Å². The molecule has 1 aromatic heterocycles. The lowest BCUT2D eigenvalue weighted by Crippen LogP contribution is -2.06. The fourth-order valence-corrected chi connectivity index (χ4v) is 2.64. The largest absolute Gasteiger partial charge is 0.369 e. The zero-order valence-corrected chi connectivity index (χ0v) is 12.6. The van der Waals surface area contributed by atoms with Gasteiger partial charge in [-0.05, 0) is 46.1 Å². The van der Waals surface area contributed by atoms with E-state index in [2.05, 4.69) is 20.9 Å². The highest BCUT2D eigenvalue weighted by Gasteiger charge is 2.11. The van der Waals surface area contributed by atoms with Crippen LogP contribution in [0.5, 0.6) is 0 Å². The lowest BCUT2D eigenvalue weighted by molar-refractivity contribution is 0.620. The molecule has 2 aromatic carbocycles. The zero-order chi connectivity index (χ0) is 15.0. The monoisotopic (exact) mass is 351 g/mol. The third-order valence-corrected chi connectivity index (χ3v) is 3.94. The molecular formula is C15H12BrF2N3. The smallest absolute Gasteiger partial charge is 0.201 e. The summed E-state index contributed by atoms with van der Waals surface area (Å²) >= 11 is 3.13. The number of hydrogen-bond acceptors (Lipinski definition) is 2. The fraction of sp³-hybridized carbons (Fsp3) is 0.133. The third-order valence-electron chi connectivity index (χ3n) is 3.33. The van der Waals surface area contributed by atoms with Crippen LogP contribution in [0.3, 0.4) is 0 Å². The van der Waals surface area contributed by atoms with Gasteiger partial charge in [0, 0.05) is 12.6 Å². The summed E-state index contributed by atoms with van der Waals surface area (Å²) in [6.45, 7) is 0.507. The van der Waals surface area contributed by atoms with Crippen LogP contribution < -0.4 is 5.73 Å². The predicted molar refractivity (Wildman–Crippen MR) is 81.9 cm³/mol. The van der Waals surface area contributed by atoms with Gasteiger partial charge in [0.15, 0.2) is 0 Å². The Labute approximate surface area is 128 Å². The Kier molecular flexibility index (Phi) is 3.63. The standard InChI is InChI=1S/C15H12BrF2N3/c16-11-7-13-14(8-12(11)18)21(15(19)20-13)5-4-9-2-1-3-10(17)6-9/h1-3,6-8H,4-5H2,(H2,19,20). The van der Waals surface area contributed by atoms with E-state index in [4.69, 9.17) is 5.73 Å². The van der Waals surface area contributed by atoms with Gasteiger partial charge < -0.3 is 10.3 Å². The molecule has 6 heteroatoms. The molecule has 3 rings (SSSR count). The van der Waals surface area contributed by atoms with Crippen LogP contribution >= 0.6 is 15.9 Å². The zero-order valence-electron chi connectivity index (χ0n) is 11.0. The van der Waals surface area contributed by atoms with Gasteiger partial charge in [-0.2, -0.15) is 0 Å². The molecule has 3 nitrogen and oxygen atoms in total. The minimum absolute atomic E-state index is 0.272. The Morgan fingerprint density at radius 3 is 2.76 bits per heavy atom. The highest BCUT2D eigenvalue weighted by molar-refractivity contribution is 9.10. The molecule has 0 saturated heterocycles. The van der Waals surface area contributed by atoms with E-state index in [-0.39, 0.29) is 11.6 Å². The highest BCUT2D eigenvalue weighted by atomic mass is 79.9. The van der Waals surface area contributed by atoms with Crippen molar-refractivity contribution in [3.8, 4) is 0 Å². The minimum Gasteiger partial charge on any atom is -0.369 e. The highest BCUT2D eigenvalue weighted by Crippen LogP contribution is 2.25. The van der Waals surface area contributed by atoms with Crippen LogP contribution in [0.1, 0.15) is 5.56 Å². The molecule has 0 radical (unpaired) electrons. The molecule has 0 fully saturated rings. The first kappa shape index (κ1) is 14.0. The second-order valence-electron chi connectivity index (χ2n) is 4.76. The Bertz CT molecular complexity index is 814. The Hall–Kier alpha value is -1.95. The maximum atomic E-state index is 13.7. The van der Waals surface area contributed by atoms with Crippen LogP contribution in [0.25, 0.3) is 11.0 Å². The Morgan fingerprint density at radius 1 is 1.19 bits per heavy atom. The van der Waals surface area contributed by atoms with E-state index < -0.39 is 0 Å². The molecule has 0 aliphatic heterocycles. The van der Waals surface area contributed by atoms with E-state index in [0.717, 1.165) is 5.56 Å². The van der Waals surface area contributed by atoms with Crippen molar-refractivity contribution in [1.82, 2.24) is 9.55 Å². The lowest BCUT2D eigenvalue weighted by Gasteiger charge is -2.07. The van der Waals surface area contributed by atoms with Crippen molar-refractivity contribution in [1.29, 1.82) is 0 Å². The number of nitrogens with zero attached hydrogens (tertiary/aromatic N) is 2. The summed E-state index contributed by atoms with van der Waals surface area (Å²) in [5, 5.41) is 0. The van der Waals surface area contributed by atoms with Gasteiger partial charge in [-0.1, -0.05) is 12.1 Å². The Morgan fingerprint density at radius 2 is 2.00 bits per heavy atom. The topological polar surface area (TPSA) is 43.8 Å². The minimum atomic E-state index is -0.366. The molecular weight excluding hydrogens is 340 g/mol. The van der Waals surface area contributed by atoms with E-state index in [0.29, 0.717) is 34.4 Å². The van der Waals surface area contributed by atoms with Crippen molar-refractivity contribution in [2.24, 2.45) is 0 Å². The maximum absolute atomic E-state index is 13.7. The van der Waals surface area contributed by atoms with Crippen molar-refractivity contribution >= 4 is 32.9 Å². The summed E-state index contributed by atoms with van der Waals surface area (Å²) in [6.07, 6.45) is 0.588. The van der Waals surface area contributed by atoms with Gasteiger partial charge in [0.1, 0.15) is 11.6 Å². The van der Waals surface area contributed by atoms with Gasteiger partial charge in [-0.25, -0.2) is 13.8 Å². The van der Waals surface area contributed by atoms with Gasteiger partial charge in [0.25, 0.3) is 0 Å². The normalized spacial score (nSPS) is 11.2. The number of aryl methyl sites for hydroxylation is 2. The van der Waals surface area contributed by atoms with Crippen molar-refractivity contribution in [3.63, 3.8) is 0 Å². The number of anilines is 1. The SMILES string of the molecule is Nc1nc2cc(Br)c(F)cc2n1CCc1cccc(F)c1. The number of imidazole rings is 1. The summed E-state index contributed by atoms with van der Waals surface area (Å²) in [7, 11) is 0. The number of hydrogen-bond donors (Lipinski definition) is 1. The maximum Gasteiger partial charge on any atom is 0.201 e. The lowest BCUT2D eigenvalue weighted by atomic mass is 10.1. The summed E-state index contributed by atoms with van der Waals surface area (Å²) < 4.78 is 28.9. The van der Waals surface area contributed by atoms with E-state index in [1.54, 1.807) is 16.7 Å². The molecule has 3 aromatic rings. The Balaban J connectivity index is 1.93. The first-order valence-electron chi connectivity index (χ1n) is 6.40. The number of aromatic nitrogens is 2. The second-order valence-corrected chi connectivity index (χ2v) is 5.61. The number of fused-ring (bicyclic) bond motifs is 1. The summed E-state index contributed by atoms with van der Waals surface area (Å²) in [4.78, 5) is 4.21. The molecule has 0 spiro atoms. The van der Waals surface area contributed by atoms with E-state index in [1.807, 2.05) is 6.07 Å². The molecule has 0 unspecified atom stereocenters. The molecule has 0 aliphatic carbocycles. The number of benzene rings is 2. The molecule has 0 aliphatic rings. The molecule has 2 N–H and O–H groups in total. The van der Waals surface area contributed by atoms with Gasteiger partial charge in [0.2, 0.25) is 5.95 Å². The number of rotatable bonds is 3. The average Bonchev–Trinajstić information content (AvgIpc) is 2.72. The molecule has 0 saturated carbocycles. The van der Waals surface area contributed by atoms with Crippen LogP contribution in [0.15, 0.2) is 40.9 Å². The van der Waals surface area contributed by atoms with E-state index >= 15 is 0 Å². The summed E-state index contributed by atoms with van der Waals surface area (Å²) in [5.74, 6) is -0.320. The second kappa shape index (κ2) is 5.44. The van der Waals surface area contributed by atoms with Gasteiger partial charge in [0.05, 0.1) is 15.5 Å². The average molecular weight is 352 g/mol. The molecule has 1 heterocycles. The first-order chi connectivity index (χ1) is 10.0. The van der Waals surface area contributed by atoms with Gasteiger partial charge in [-0.3, -0.25) is 0 Å². The predicted octanol–water partition coefficient (Wildman–Crippen LogP) is 3.90. The third kappa shape index (κ3) is 2.76. The van der Waals surface area contributed by atoms with Crippen molar-refractivity contribution in [2.75, 3.05) is 5.73 Å². The quantitative estimate of drug-likeness (QED) is 0.777. The van der Waals surface area contributed by atoms with Crippen molar-refractivity contribution < 1.29 is 8.78 Å². The van der Waals surface area contributed by atoms with Crippen LogP contribution in [0, 0.1) is 11.6 Å². The first-order valence-corrected chi connectivity index (χ1v) is 7.19. The van der Waals surface area contributed by atoms with Crippen LogP contribution in [-0.2, 0) is 13.0 Å². The van der Waals surface area contributed by atoms with Crippen LogP contribution in [0.2, 0.25) is 0 Å². The molecule has 0 bridgehead atoms. The van der Waals surface area contributed by atoms with Crippen molar-refractivity contribution in [2.45, 2.75) is 13.0 Å². The molecule has 21 heavy (non-hydrogen) atoms.